The normalized spacial score (nSPS) is 13.8. The fourth-order valence-electron chi connectivity index (χ4n) is 2.97. The zero-order valence-electron chi connectivity index (χ0n) is 11.7. The molecule has 0 fully saturated rings. The molecule has 0 saturated heterocycles. The molecule has 110 valence electrons. The number of fused-ring (bicyclic) bond motifs is 2. The van der Waals surface area contributed by atoms with Crippen molar-refractivity contribution in [3.05, 3.63) is 59.3 Å². The van der Waals surface area contributed by atoms with Crippen molar-refractivity contribution < 1.29 is 15.0 Å². The number of rotatable bonds is 2. The maximum atomic E-state index is 12.4. The first-order valence-corrected chi connectivity index (χ1v) is 7.02. The van der Waals surface area contributed by atoms with Gasteiger partial charge < -0.3 is 20.1 Å². The zero-order chi connectivity index (χ0) is 15.3. The van der Waals surface area contributed by atoms with E-state index < -0.39 is 0 Å². The number of aromatic nitrogens is 1. The summed E-state index contributed by atoms with van der Waals surface area (Å²) in [6.45, 7) is 0.896. The van der Waals surface area contributed by atoms with Crippen molar-refractivity contribution in [2.45, 2.75) is 13.1 Å². The van der Waals surface area contributed by atoms with Gasteiger partial charge in [0.2, 0.25) is 0 Å². The SMILES string of the molecule is O=C1c2c(ccc(O)c2O)CN1Cc1ccc2cc[nH]c2c1. The number of aromatic hydroxyl groups is 2. The first kappa shape index (κ1) is 12.8. The third kappa shape index (κ3) is 1.83. The molecule has 5 nitrogen and oxygen atoms in total. The van der Waals surface area contributed by atoms with E-state index in [1.807, 2.05) is 30.5 Å². The topological polar surface area (TPSA) is 76.6 Å². The average molecular weight is 294 g/mol. The van der Waals surface area contributed by atoms with Crippen molar-refractivity contribution in [2.24, 2.45) is 0 Å². The highest BCUT2D eigenvalue weighted by molar-refractivity contribution is 6.01. The molecule has 2 aromatic carbocycles. The first-order valence-electron chi connectivity index (χ1n) is 7.02. The summed E-state index contributed by atoms with van der Waals surface area (Å²) in [6.07, 6.45) is 1.88. The lowest BCUT2D eigenvalue weighted by molar-refractivity contribution is 0.0764. The minimum absolute atomic E-state index is 0.209. The summed E-state index contributed by atoms with van der Waals surface area (Å²) in [7, 11) is 0. The van der Waals surface area contributed by atoms with Gasteiger partial charge in [0, 0.05) is 24.8 Å². The molecule has 4 rings (SSSR count). The molecule has 2 heterocycles. The van der Waals surface area contributed by atoms with E-state index in [4.69, 9.17) is 0 Å². The van der Waals surface area contributed by atoms with Crippen molar-refractivity contribution in [1.82, 2.24) is 9.88 Å². The molecule has 3 aromatic rings. The van der Waals surface area contributed by atoms with Crippen LogP contribution in [0.1, 0.15) is 21.5 Å². The summed E-state index contributed by atoms with van der Waals surface area (Å²) in [6, 6.07) is 11.1. The number of hydrogen-bond acceptors (Lipinski definition) is 3. The van der Waals surface area contributed by atoms with Gasteiger partial charge >= 0.3 is 0 Å². The Morgan fingerprint density at radius 2 is 2.00 bits per heavy atom. The van der Waals surface area contributed by atoms with Crippen LogP contribution in [-0.4, -0.2) is 26.0 Å². The van der Waals surface area contributed by atoms with Crippen molar-refractivity contribution in [3.63, 3.8) is 0 Å². The number of carbonyl (C=O) groups excluding carboxylic acids is 1. The Morgan fingerprint density at radius 3 is 2.86 bits per heavy atom. The lowest BCUT2D eigenvalue weighted by Crippen LogP contribution is -2.23. The van der Waals surface area contributed by atoms with Gasteiger partial charge in [0.15, 0.2) is 11.5 Å². The van der Waals surface area contributed by atoms with Crippen LogP contribution in [0.15, 0.2) is 42.6 Å². The van der Waals surface area contributed by atoms with Crippen molar-refractivity contribution in [1.29, 1.82) is 0 Å². The third-order valence-corrected chi connectivity index (χ3v) is 4.10. The van der Waals surface area contributed by atoms with Crippen LogP contribution in [0.2, 0.25) is 0 Å². The Bertz CT molecular complexity index is 898. The van der Waals surface area contributed by atoms with Crippen LogP contribution in [0.25, 0.3) is 10.9 Å². The number of phenolic OH excluding ortho intramolecular Hbond substituents is 2. The summed E-state index contributed by atoms with van der Waals surface area (Å²) in [5.74, 6) is -0.846. The number of H-pyrrole nitrogens is 1. The molecule has 0 saturated carbocycles. The quantitative estimate of drug-likeness (QED) is 0.636. The molecule has 3 N–H and O–H groups in total. The molecule has 5 heteroatoms. The standard InChI is InChI=1S/C17H14N2O3/c20-14-4-3-12-9-19(17(22)15(12)16(14)21)8-10-1-2-11-5-6-18-13(11)7-10/h1-7,18,20-21H,8-9H2. The fraction of sp³-hybridized carbons (Fsp3) is 0.118. The molecular formula is C17H14N2O3. The number of phenols is 2. The van der Waals surface area contributed by atoms with E-state index in [0.29, 0.717) is 13.1 Å². The van der Waals surface area contributed by atoms with Gasteiger partial charge in [0.05, 0.1) is 5.56 Å². The molecule has 0 atom stereocenters. The summed E-state index contributed by atoms with van der Waals surface area (Å²) < 4.78 is 0. The second-order valence-electron chi connectivity index (χ2n) is 5.53. The Hall–Kier alpha value is -2.95. The van der Waals surface area contributed by atoms with Crippen LogP contribution in [-0.2, 0) is 13.1 Å². The van der Waals surface area contributed by atoms with Crippen LogP contribution in [0.3, 0.4) is 0 Å². The third-order valence-electron chi connectivity index (χ3n) is 4.10. The number of benzene rings is 2. The highest BCUT2D eigenvalue weighted by atomic mass is 16.3. The number of nitrogens with zero attached hydrogens (tertiary/aromatic N) is 1. The second-order valence-corrected chi connectivity index (χ2v) is 5.53. The van der Waals surface area contributed by atoms with Crippen molar-refractivity contribution in [2.75, 3.05) is 0 Å². The maximum absolute atomic E-state index is 12.4. The van der Waals surface area contributed by atoms with Gasteiger partial charge in [-0.25, -0.2) is 0 Å². The molecule has 0 spiro atoms. The van der Waals surface area contributed by atoms with Gasteiger partial charge in [-0.2, -0.15) is 0 Å². The van der Waals surface area contributed by atoms with E-state index in [-0.39, 0.29) is 23.0 Å². The minimum Gasteiger partial charge on any atom is -0.504 e. The van der Waals surface area contributed by atoms with Gasteiger partial charge in [-0.15, -0.1) is 0 Å². The van der Waals surface area contributed by atoms with E-state index in [2.05, 4.69) is 4.98 Å². The average Bonchev–Trinajstić information content (AvgIpc) is 3.08. The van der Waals surface area contributed by atoms with Crippen LogP contribution < -0.4 is 0 Å². The number of carbonyl (C=O) groups is 1. The predicted molar refractivity (Wildman–Crippen MR) is 81.6 cm³/mol. The van der Waals surface area contributed by atoms with Gasteiger partial charge in [-0.3, -0.25) is 4.79 Å². The Labute approximate surface area is 126 Å². The molecule has 1 aliphatic rings. The molecule has 1 aliphatic heterocycles. The fourth-order valence-corrected chi connectivity index (χ4v) is 2.97. The number of nitrogens with one attached hydrogen (secondary N) is 1. The summed E-state index contributed by atoms with van der Waals surface area (Å²) in [4.78, 5) is 17.2. The van der Waals surface area contributed by atoms with E-state index >= 15 is 0 Å². The molecule has 0 unspecified atom stereocenters. The molecular weight excluding hydrogens is 280 g/mol. The summed E-state index contributed by atoms with van der Waals surface area (Å²) in [5.41, 5.74) is 2.99. The number of hydrogen-bond donors (Lipinski definition) is 3. The Morgan fingerprint density at radius 1 is 1.14 bits per heavy atom. The number of aromatic amines is 1. The van der Waals surface area contributed by atoms with E-state index in [9.17, 15) is 15.0 Å². The van der Waals surface area contributed by atoms with E-state index in [0.717, 1.165) is 22.0 Å². The highest BCUT2D eigenvalue weighted by Gasteiger charge is 2.31. The van der Waals surface area contributed by atoms with Gasteiger partial charge in [-0.05, 0) is 34.7 Å². The number of amides is 1. The summed E-state index contributed by atoms with van der Waals surface area (Å²) >= 11 is 0. The van der Waals surface area contributed by atoms with Crippen LogP contribution in [0, 0.1) is 0 Å². The lowest BCUT2D eigenvalue weighted by atomic mass is 10.1. The zero-order valence-corrected chi connectivity index (χ0v) is 11.7. The lowest BCUT2D eigenvalue weighted by Gasteiger charge is -2.15. The highest BCUT2D eigenvalue weighted by Crippen LogP contribution is 2.37. The summed E-state index contributed by atoms with van der Waals surface area (Å²) in [5, 5.41) is 20.6. The smallest absolute Gasteiger partial charge is 0.258 e. The van der Waals surface area contributed by atoms with Crippen LogP contribution in [0.4, 0.5) is 0 Å². The molecule has 1 aromatic heterocycles. The molecule has 0 bridgehead atoms. The first-order chi connectivity index (χ1) is 10.6. The largest absolute Gasteiger partial charge is 0.504 e. The predicted octanol–water partition coefficient (Wildman–Crippen LogP) is 2.74. The molecule has 1 amide bonds. The maximum Gasteiger partial charge on any atom is 0.258 e. The Balaban J connectivity index is 1.65. The van der Waals surface area contributed by atoms with Crippen molar-refractivity contribution >= 4 is 16.8 Å². The van der Waals surface area contributed by atoms with E-state index in [1.54, 1.807) is 11.0 Å². The van der Waals surface area contributed by atoms with Crippen LogP contribution in [0.5, 0.6) is 11.5 Å². The minimum atomic E-state index is -0.329. The monoisotopic (exact) mass is 294 g/mol. The molecule has 0 radical (unpaired) electrons. The van der Waals surface area contributed by atoms with Gasteiger partial charge in [-0.1, -0.05) is 18.2 Å². The molecule has 22 heavy (non-hydrogen) atoms. The van der Waals surface area contributed by atoms with E-state index in [1.165, 1.54) is 6.07 Å². The van der Waals surface area contributed by atoms with Crippen molar-refractivity contribution in [3.8, 4) is 11.5 Å². The van der Waals surface area contributed by atoms with Crippen LogP contribution >= 0.6 is 0 Å². The van der Waals surface area contributed by atoms with Gasteiger partial charge in [0.25, 0.3) is 5.91 Å². The molecule has 0 aliphatic carbocycles. The van der Waals surface area contributed by atoms with Gasteiger partial charge in [0.1, 0.15) is 0 Å². The second kappa shape index (κ2) is 4.53. The Kier molecular flexibility index (Phi) is 2.63.